The van der Waals surface area contributed by atoms with Gasteiger partial charge in [-0.1, -0.05) is 154 Å². The van der Waals surface area contributed by atoms with Gasteiger partial charge < -0.3 is 18.9 Å². The quantitative estimate of drug-likeness (QED) is 0.0221. The number of quaternary nitrogens is 1. The molecule has 0 amide bonds. The highest BCUT2D eigenvalue weighted by atomic mass is 31.2. The van der Waals surface area contributed by atoms with E-state index in [-0.39, 0.29) is 25.8 Å². The van der Waals surface area contributed by atoms with E-state index >= 15 is 0 Å². The Kier molecular flexibility index (Phi) is 34.7. The summed E-state index contributed by atoms with van der Waals surface area (Å²) in [5.74, 6) is -0.316. The molecule has 2 atom stereocenters. The lowest BCUT2D eigenvalue weighted by Gasteiger charge is -2.24. The van der Waals surface area contributed by atoms with Crippen LogP contribution in [0.2, 0.25) is 0 Å². The number of esters is 1. The fraction of sp³-hybridized carbons (Fsp3) is 0.927. The Morgan fingerprint density at radius 1 is 0.600 bits per heavy atom. The van der Waals surface area contributed by atoms with E-state index in [2.05, 4.69) is 26.0 Å². The summed E-state index contributed by atoms with van der Waals surface area (Å²) >= 11 is 0. The van der Waals surface area contributed by atoms with Crippen LogP contribution in [0.4, 0.5) is 0 Å². The van der Waals surface area contributed by atoms with Gasteiger partial charge in [0.1, 0.15) is 19.3 Å². The number of unbranched alkanes of at least 4 members (excludes halogenated alkanes) is 23. The Balaban J connectivity index is 4.14. The summed E-state index contributed by atoms with van der Waals surface area (Å²) in [6.45, 7) is 5.61. The Bertz CT molecular complexity index is 817. The van der Waals surface area contributed by atoms with Crippen LogP contribution in [0.5, 0.6) is 0 Å². The standard InChI is InChI=1S/C41H82NO7P/c1-6-8-10-12-14-16-17-18-19-20-21-22-23-24-25-27-29-31-33-36-46-38-40(39-48-50(44,45)47-37-35-42(3,4)5)49-41(43)34-32-30-28-26-15-13-11-9-7-2/h19-20,40H,6-18,21-39H2,1-5H3/p+1/b20-19-. The minimum absolute atomic E-state index is 0.0909. The zero-order valence-electron chi connectivity index (χ0n) is 33.7. The molecule has 0 fully saturated rings. The van der Waals surface area contributed by atoms with Gasteiger partial charge in [0.15, 0.2) is 0 Å². The van der Waals surface area contributed by atoms with Crippen molar-refractivity contribution in [2.45, 2.75) is 193 Å². The second-order valence-electron chi connectivity index (χ2n) is 15.4. The molecule has 0 saturated carbocycles. The van der Waals surface area contributed by atoms with Crippen LogP contribution in [0.15, 0.2) is 12.2 Å². The molecule has 0 aromatic rings. The minimum atomic E-state index is -4.26. The number of allylic oxidation sites excluding steroid dienone is 2. The molecule has 0 aliphatic heterocycles. The van der Waals surface area contributed by atoms with Gasteiger partial charge in [-0.3, -0.25) is 13.8 Å². The number of nitrogens with zero attached hydrogens (tertiary/aromatic N) is 1. The van der Waals surface area contributed by atoms with Crippen molar-refractivity contribution in [3.05, 3.63) is 12.2 Å². The number of phosphoric acid groups is 1. The largest absolute Gasteiger partial charge is 0.472 e. The third-order valence-corrected chi connectivity index (χ3v) is 10.1. The van der Waals surface area contributed by atoms with Crippen molar-refractivity contribution < 1.29 is 37.3 Å². The third kappa shape index (κ3) is 38.5. The molecule has 0 spiro atoms. The molecule has 9 heteroatoms. The van der Waals surface area contributed by atoms with E-state index in [0.29, 0.717) is 24.1 Å². The second-order valence-corrected chi connectivity index (χ2v) is 16.8. The highest BCUT2D eigenvalue weighted by Gasteiger charge is 2.26. The molecule has 0 aliphatic carbocycles. The van der Waals surface area contributed by atoms with Crippen molar-refractivity contribution in [3.8, 4) is 0 Å². The zero-order valence-corrected chi connectivity index (χ0v) is 34.5. The van der Waals surface area contributed by atoms with Crippen LogP contribution < -0.4 is 0 Å². The van der Waals surface area contributed by atoms with E-state index in [0.717, 1.165) is 32.1 Å². The first kappa shape index (κ1) is 49.2. The average Bonchev–Trinajstić information content (AvgIpc) is 3.06. The number of phosphoric ester groups is 1. The first-order valence-electron chi connectivity index (χ1n) is 20.9. The average molecular weight is 733 g/mol. The Labute approximate surface area is 310 Å². The molecule has 2 unspecified atom stereocenters. The summed E-state index contributed by atoms with van der Waals surface area (Å²) in [6.07, 6.45) is 36.7. The molecule has 8 nitrogen and oxygen atoms in total. The molecule has 0 heterocycles. The van der Waals surface area contributed by atoms with Crippen LogP contribution >= 0.6 is 7.82 Å². The van der Waals surface area contributed by atoms with Gasteiger partial charge in [-0.2, -0.15) is 0 Å². The van der Waals surface area contributed by atoms with Gasteiger partial charge in [-0.15, -0.1) is 0 Å². The van der Waals surface area contributed by atoms with Gasteiger partial charge in [0, 0.05) is 13.0 Å². The number of hydrogen-bond acceptors (Lipinski definition) is 6. The Hall–Kier alpha value is -0.760. The topological polar surface area (TPSA) is 91.3 Å². The Morgan fingerprint density at radius 2 is 1.04 bits per heavy atom. The fourth-order valence-electron chi connectivity index (χ4n) is 5.78. The molecule has 0 rings (SSSR count). The van der Waals surface area contributed by atoms with E-state index in [1.54, 1.807) is 0 Å². The van der Waals surface area contributed by atoms with Crippen LogP contribution in [-0.2, 0) is 27.9 Å². The van der Waals surface area contributed by atoms with E-state index in [1.165, 1.54) is 135 Å². The van der Waals surface area contributed by atoms with Crippen molar-refractivity contribution in [1.29, 1.82) is 0 Å². The summed E-state index contributed by atoms with van der Waals surface area (Å²) in [5, 5.41) is 0. The summed E-state index contributed by atoms with van der Waals surface area (Å²) in [4.78, 5) is 22.7. The van der Waals surface area contributed by atoms with Gasteiger partial charge in [-0.05, 0) is 38.5 Å². The van der Waals surface area contributed by atoms with Gasteiger partial charge >= 0.3 is 13.8 Å². The van der Waals surface area contributed by atoms with Gasteiger partial charge in [-0.25, -0.2) is 4.57 Å². The molecule has 0 radical (unpaired) electrons. The molecule has 0 aromatic heterocycles. The lowest BCUT2D eigenvalue weighted by Crippen LogP contribution is -2.37. The number of hydrogen-bond donors (Lipinski definition) is 1. The molecular formula is C41H83NO7P+. The molecule has 0 aliphatic rings. The zero-order chi connectivity index (χ0) is 37.0. The number of rotatable bonds is 39. The normalized spacial score (nSPS) is 14.0. The fourth-order valence-corrected chi connectivity index (χ4v) is 6.52. The molecule has 298 valence electrons. The van der Waals surface area contributed by atoms with Crippen molar-refractivity contribution in [1.82, 2.24) is 0 Å². The van der Waals surface area contributed by atoms with Crippen molar-refractivity contribution in [2.24, 2.45) is 0 Å². The molecule has 50 heavy (non-hydrogen) atoms. The van der Waals surface area contributed by atoms with Gasteiger partial charge in [0.2, 0.25) is 0 Å². The molecule has 0 saturated heterocycles. The summed E-state index contributed by atoms with van der Waals surface area (Å²) in [7, 11) is 1.67. The highest BCUT2D eigenvalue weighted by molar-refractivity contribution is 7.47. The van der Waals surface area contributed by atoms with Crippen LogP contribution in [-0.4, -0.2) is 75.6 Å². The van der Waals surface area contributed by atoms with E-state index in [1.807, 2.05) is 21.1 Å². The monoisotopic (exact) mass is 733 g/mol. The SMILES string of the molecule is CCCCCCCCC/C=C\CCCCCCCCCCOCC(COP(=O)(O)OCC[N+](C)(C)C)OC(=O)CCCCCCCCCCC. The lowest BCUT2D eigenvalue weighted by atomic mass is 10.1. The third-order valence-electron chi connectivity index (χ3n) is 9.08. The second kappa shape index (κ2) is 35.3. The lowest BCUT2D eigenvalue weighted by molar-refractivity contribution is -0.870. The number of ether oxygens (including phenoxy) is 2. The maximum atomic E-state index is 12.6. The van der Waals surface area contributed by atoms with Crippen LogP contribution in [0.1, 0.15) is 187 Å². The molecule has 1 N–H and O–H groups in total. The van der Waals surface area contributed by atoms with E-state index in [9.17, 15) is 14.3 Å². The van der Waals surface area contributed by atoms with Crippen LogP contribution in [0.25, 0.3) is 0 Å². The highest BCUT2D eigenvalue weighted by Crippen LogP contribution is 2.43. The van der Waals surface area contributed by atoms with E-state index < -0.39 is 13.9 Å². The van der Waals surface area contributed by atoms with Crippen molar-refractivity contribution >= 4 is 13.8 Å². The number of carbonyl (C=O) groups excluding carboxylic acids is 1. The minimum Gasteiger partial charge on any atom is -0.457 e. The van der Waals surface area contributed by atoms with Crippen molar-refractivity contribution in [2.75, 3.05) is 54.1 Å². The Morgan fingerprint density at radius 3 is 1.52 bits per heavy atom. The van der Waals surface area contributed by atoms with Crippen LogP contribution in [0.3, 0.4) is 0 Å². The maximum Gasteiger partial charge on any atom is 0.472 e. The maximum absolute atomic E-state index is 12.6. The van der Waals surface area contributed by atoms with Gasteiger partial charge in [0.05, 0.1) is 34.4 Å². The summed E-state index contributed by atoms with van der Waals surface area (Å²) in [6, 6.07) is 0. The molecular weight excluding hydrogens is 649 g/mol. The summed E-state index contributed by atoms with van der Waals surface area (Å²) in [5.41, 5.74) is 0. The first-order chi connectivity index (χ1) is 24.1. The predicted molar refractivity (Wildman–Crippen MR) is 210 cm³/mol. The van der Waals surface area contributed by atoms with Gasteiger partial charge in [0.25, 0.3) is 0 Å². The smallest absolute Gasteiger partial charge is 0.457 e. The number of carbonyl (C=O) groups is 1. The summed E-state index contributed by atoms with van der Waals surface area (Å²) < 4.78 is 34.9. The predicted octanol–water partition coefficient (Wildman–Crippen LogP) is 11.9. The first-order valence-corrected chi connectivity index (χ1v) is 22.4. The van der Waals surface area contributed by atoms with E-state index in [4.69, 9.17) is 18.5 Å². The molecule has 0 bridgehead atoms. The molecule has 0 aromatic carbocycles. The number of likely N-dealkylation sites (N-methyl/N-ethyl adjacent to an activating group) is 1. The van der Waals surface area contributed by atoms with Crippen LogP contribution in [0, 0.1) is 0 Å². The van der Waals surface area contributed by atoms with Crippen molar-refractivity contribution in [3.63, 3.8) is 0 Å².